The predicted molar refractivity (Wildman–Crippen MR) is 173 cm³/mol. The molecule has 0 atom stereocenters. The van der Waals surface area contributed by atoms with Crippen LogP contribution in [0.2, 0.25) is 0 Å². The molecule has 39 heavy (non-hydrogen) atoms. The van der Waals surface area contributed by atoms with Crippen LogP contribution < -0.4 is 0 Å². The molecule has 8 aromatic carbocycles. The van der Waals surface area contributed by atoms with Crippen molar-refractivity contribution >= 4 is 69.8 Å². The van der Waals surface area contributed by atoms with E-state index in [1.807, 2.05) is 0 Å². The minimum atomic E-state index is 1.15. The van der Waals surface area contributed by atoms with Crippen molar-refractivity contribution < 1.29 is 0 Å². The minimum absolute atomic E-state index is 1.15. The van der Waals surface area contributed by atoms with E-state index in [9.17, 15) is 0 Å². The molecule has 1 heteroatoms. The fourth-order valence-corrected chi connectivity index (χ4v) is 7.10. The lowest BCUT2D eigenvalue weighted by atomic mass is 9.85. The SMILES string of the molecule is Brc1c2ccccc2c(-c2ccc(-c3c4ccccc4cc4ccccc34)c3ccccc23)c2ccccc12. The summed E-state index contributed by atoms with van der Waals surface area (Å²) in [6.07, 6.45) is 0. The van der Waals surface area contributed by atoms with E-state index in [4.69, 9.17) is 0 Å². The van der Waals surface area contributed by atoms with Gasteiger partial charge in [-0.15, -0.1) is 0 Å². The van der Waals surface area contributed by atoms with Crippen LogP contribution in [0.1, 0.15) is 0 Å². The van der Waals surface area contributed by atoms with Crippen LogP contribution in [-0.2, 0) is 0 Å². The van der Waals surface area contributed by atoms with E-state index in [1.54, 1.807) is 0 Å². The molecule has 0 aliphatic heterocycles. The summed E-state index contributed by atoms with van der Waals surface area (Å²) in [5.74, 6) is 0. The Hall–Kier alpha value is -4.46. The average molecular weight is 560 g/mol. The molecule has 0 aliphatic carbocycles. The quantitative estimate of drug-likeness (QED) is 0.185. The van der Waals surface area contributed by atoms with E-state index in [-0.39, 0.29) is 0 Å². The standard InChI is InChI=1S/C38H23Br/c39-38-34-19-9-7-17-30(34)37(31-18-8-10-20-35(31)38)33-22-21-32(28-15-5-6-16-29(28)33)36-26-13-3-1-11-24(26)23-25-12-2-4-14-27(25)36/h1-23H. The van der Waals surface area contributed by atoms with E-state index in [0.717, 1.165) is 4.47 Å². The second-order valence-corrected chi connectivity index (χ2v) is 11.0. The molecule has 0 aliphatic rings. The fourth-order valence-electron chi connectivity index (χ4n) is 6.40. The van der Waals surface area contributed by atoms with Gasteiger partial charge in [-0.3, -0.25) is 0 Å². The van der Waals surface area contributed by atoms with Gasteiger partial charge in [-0.05, 0) is 98.1 Å². The first-order valence-corrected chi connectivity index (χ1v) is 14.1. The molecular formula is C38H23Br. The van der Waals surface area contributed by atoms with Gasteiger partial charge in [0.1, 0.15) is 0 Å². The molecule has 0 aromatic heterocycles. The average Bonchev–Trinajstić information content (AvgIpc) is 3.00. The molecule has 0 nitrogen and oxygen atoms in total. The maximum Gasteiger partial charge on any atom is 0.0332 e. The van der Waals surface area contributed by atoms with E-state index in [2.05, 4.69) is 155 Å². The number of benzene rings is 8. The zero-order chi connectivity index (χ0) is 25.9. The molecule has 0 radical (unpaired) electrons. The summed E-state index contributed by atoms with van der Waals surface area (Å²) in [6.45, 7) is 0. The molecule has 0 amide bonds. The van der Waals surface area contributed by atoms with Gasteiger partial charge in [-0.2, -0.15) is 0 Å². The van der Waals surface area contributed by atoms with Gasteiger partial charge in [-0.1, -0.05) is 133 Å². The maximum absolute atomic E-state index is 3.93. The van der Waals surface area contributed by atoms with E-state index < -0.39 is 0 Å². The van der Waals surface area contributed by atoms with Gasteiger partial charge in [0.05, 0.1) is 0 Å². The van der Waals surface area contributed by atoms with Crippen molar-refractivity contribution in [2.45, 2.75) is 0 Å². The minimum Gasteiger partial charge on any atom is -0.0616 e. The molecule has 0 saturated heterocycles. The molecule has 0 spiro atoms. The third-order valence-electron chi connectivity index (χ3n) is 8.10. The highest BCUT2D eigenvalue weighted by atomic mass is 79.9. The summed E-state index contributed by atoms with van der Waals surface area (Å²) < 4.78 is 1.15. The molecule has 0 N–H and O–H groups in total. The van der Waals surface area contributed by atoms with Crippen molar-refractivity contribution in [1.29, 1.82) is 0 Å². The van der Waals surface area contributed by atoms with Gasteiger partial charge in [0.15, 0.2) is 0 Å². The Bertz CT molecular complexity index is 2130. The first-order valence-electron chi connectivity index (χ1n) is 13.3. The van der Waals surface area contributed by atoms with Crippen molar-refractivity contribution in [3.63, 3.8) is 0 Å². The molecule has 0 bridgehead atoms. The molecule has 8 aromatic rings. The van der Waals surface area contributed by atoms with Gasteiger partial charge < -0.3 is 0 Å². The normalized spacial score (nSPS) is 11.7. The lowest BCUT2D eigenvalue weighted by Gasteiger charge is -2.19. The highest BCUT2D eigenvalue weighted by Crippen LogP contribution is 2.46. The smallest absolute Gasteiger partial charge is 0.0332 e. The van der Waals surface area contributed by atoms with Crippen LogP contribution in [0.3, 0.4) is 0 Å². The second-order valence-electron chi connectivity index (χ2n) is 10.2. The Labute approximate surface area is 235 Å². The molecule has 0 heterocycles. The second kappa shape index (κ2) is 8.80. The molecule has 0 unspecified atom stereocenters. The number of hydrogen-bond donors (Lipinski definition) is 0. The van der Waals surface area contributed by atoms with Crippen LogP contribution in [0, 0.1) is 0 Å². The molecule has 0 fully saturated rings. The third kappa shape index (κ3) is 3.37. The Morgan fingerprint density at radius 3 is 1.10 bits per heavy atom. The highest BCUT2D eigenvalue weighted by Gasteiger charge is 2.18. The number of hydrogen-bond acceptors (Lipinski definition) is 0. The van der Waals surface area contributed by atoms with E-state index in [0.29, 0.717) is 0 Å². The van der Waals surface area contributed by atoms with Crippen molar-refractivity contribution in [3.8, 4) is 22.3 Å². The maximum atomic E-state index is 3.93. The summed E-state index contributed by atoms with van der Waals surface area (Å²) in [4.78, 5) is 0. The monoisotopic (exact) mass is 558 g/mol. The first-order chi connectivity index (χ1) is 19.3. The Morgan fingerprint density at radius 2 is 0.641 bits per heavy atom. The zero-order valence-corrected chi connectivity index (χ0v) is 22.7. The summed E-state index contributed by atoms with van der Waals surface area (Å²) in [5.41, 5.74) is 5.12. The van der Waals surface area contributed by atoms with Crippen molar-refractivity contribution in [2.75, 3.05) is 0 Å². The predicted octanol–water partition coefficient (Wildman–Crippen LogP) is 11.5. The van der Waals surface area contributed by atoms with Crippen molar-refractivity contribution in [1.82, 2.24) is 0 Å². The van der Waals surface area contributed by atoms with E-state index in [1.165, 1.54) is 76.1 Å². The van der Waals surface area contributed by atoms with Crippen LogP contribution in [0.25, 0.3) is 76.1 Å². The first kappa shape index (κ1) is 22.5. The Kier molecular flexibility index (Phi) is 5.08. The summed E-state index contributed by atoms with van der Waals surface area (Å²) in [5, 5.41) is 12.6. The Morgan fingerprint density at radius 1 is 0.308 bits per heavy atom. The summed E-state index contributed by atoms with van der Waals surface area (Å²) in [7, 11) is 0. The lowest BCUT2D eigenvalue weighted by molar-refractivity contribution is 1.68. The van der Waals surface area contributed by atoms with Crippen LogP contribution in [0.4, 0.5) is 0 Å². The number of halogens is 1. The number of fused-ring (bicyclic) bond motifs is 5. The van der Waals surface area contributed by atoms with Gasteiger partial charge in [0.2, 0.25) is 0 Å². The summed E-state index contributed by atoms with van der Waals surface area (Å²) >= 11 is 3.93. The largest absolute Gasteiger partial charge is 0.0616 e. The van der Waals surface area contributed by atoms with Crippen LogP contribution in [-0.4, -0.2) is 0 Å². The molecule has 0 saturated carbocycles. The topological polar surface area (TPSA) is 0 Å². The van der Waals surface area contributed by atoms with E-state index >= 15 is 0 Å². The highest BCUT2D eigenvalue weighted by molar-refractivity contribution is 9.10. The van der Waals surface area contributed by atoms with Gasteiger partial charge in [-0.25, -0.2) is 0 Å². The van der Waals surface area contributed by atoms with Gasteiger partial charge in [0.25, 0.3) is 0 Å². The summed E-state index contributed by atoms with van der Waals surface area (Å²) in [6, 6.07) is 50.9. The van der Waals surface area contributed by atoms with Crippen molar-refractivity contribution in [2.24, 2.45) is 0 Å². The fraction of sp³-hybridized carbons (Fsp3) is 0. The lowest BCUT2D eigenvalue weighted by Crippen LogP contribution is -1.91. The van der Waals surface area contributed by atoms with Crippen LogP contribution >= 0.6 is 15.9 Å². The van der Waals surface area contributed by atoms with Gasteiger partial charge >= 0.3 is 0 Å². The van der Waals surface area contributed by atoms with Crippen molar-refractivity contribution in [3.05, 3.63) is 144 Å². The number of rotatable bonds is 2. The third-order valence-corrected chi connectivity index (χ3v) is 8.95. The van der Waals surface area contributed by atoms with Crippen LogP contribution in [0.15, 0.2) is 144 Å². The zero-order valence-electron chi connectivity index (χ0n) is 21.2. The van der Waals surface area contributed by atoms with Crippen LogP contribution in [0.5, 0.6) is 0 Å². The van der Waals surface area contributed by atoms with Gasteiger partial charge in [0, 0.05) is 4.47 Å². The Balaban J connectivity index is 1.53. The molecule has 8 rings (SSSR count). The molecule has 182 valence electrons. The molecular weight excluding hydrogens is 536 g/mol.